The van der Waals surface area contributed by atoms with Gasteiger partial charge >= 0.3 is 5.97 Å². The van der Waals surface area contributed by atoms with Gasteiger partial charge in [0, 0.05) is 24.5 Å². The van der Waals surface area contributed by atoms with Crippen molar-refractivity contribution in [3.8, 4) is 0 Å². The van der Waals surface area contributed by atoms with Crippen LogP contribution >= 0.6 is 11.6 Å². The number of aromatic nitrogens is 1. The highest BCUT2D eigenvalue weighted by Crippen LogP contribution is 2.28. The van der Waals surface area contributed by atoms with Gasteiger partial charge in [-0.3, -0.25) is 9.79 Å². The third-order valence-corrected chi connectivity index (χ3v) is 2.89. The van der Waals surface area contributed by atoms with Gasteiger partial charge in [-0.2, -0.15) is 0 Å². The Morgan fingerprint density at radius 2 is 2.47 bits per heavy atom. The van der Waals surface area contributed by atoms with E-state index >= 15 is 0 Å². The molecule has 1 atom stereocenters. The molecule has 0 aliphatic carbocycles. The average Bonchev–Trinajstić information content (AvgIpc) is 2.62. The summed E-state index contributed by atoms with van der Waals surface area (Å²) in [7, 11) is 3.26. The predicted octanol–water partition coefficient (Wildman–Crippen LogP) is 1.28. The van der Waals surface area contributed by atoms with Crippen molar-refractivity contribution < 1.29 is 9.53 Å². The molecule has 0 N–H and O–H groups in total. The monoisotopic (exact) mass is 226 g/mol. The molecule has 1 aromatic heterocycles. The molecule has 1 aliphatic heterocycles. The van der Waals surface area contributed by atoms with Crippen LogP contribution in [0.1, 0.15) is 17.2 Å². The van der Waals surface area contributed by atoms with Gasteiger partial charge in [0.2, 0.25) is 0 Å². The second kappa shape index (κ2) is 3.70. The first-order chi connectivity index (χ1) is 7.15. The standard InChI is InChI=1S/C10H11ClN2O2/c1-13-4-3-6-8(13)7(10(14)15-2)5-12-9(6)11/h3-4,7H,5H2,1-2H3. The van der Waals surface area contributed by atoms with Crippen LogP contribution < -0.4 is 0 Å². The van der Waals surface area contributed by atoms with Crippen molar-refractivity contribution in [2.24, 2.45) is 12.0 Å². The van der Waals surface area contributed by atoms with E-state index in [0.717, 1.165) is 11.3 Å². The molecule has 1 aliphatic rings. The van der Waals surface area contributed by atoms with Crippen LogP contribution in [0.3, 0.4) is 0 Å². The smallest absolute Gasteiger partial charge is 0.316 e. The minimum Gasteiger partial charge on any atom is -0.468 e. The maximum Gasteiger partial charge on any atom is 0.316 e. The third kappa shape index (κ3) is 1.55. The van der Waals surface area contributed by atoms with Gasteiger partial charge in [-0.25, -0.2) is 0 Å². The van der Waals surface area contributed by atoms with Gasteiger partial charge in [-0.1, -0.05) is 11.6 Å². The number of hydrogen-bond acceptors (Lipinski definition) is 3. The molecule has 0 fully saturated rings. The zero-order chi connectivity index (χ0) is 11.0. The lowest BCUT2D eigenvalue weighted by molar-refractivity contribution is -0.142. The number of rotatable bonds is 1. The first kappa shape index (κ1) is 10.2. The Morgan fingerprint density at radius 1 is 1.73 bits per heavy atom. The summed E-state index contributed by atoms with van der Waals surface area (Å²) in [6.45, 7) is 0.357. The van der Waals surface area contributed by atoms with Gasteiger partial charge < -0.3 is 9.30 Å². The average molecular weight is 227 g/mol. The van der Waals surface area contributed by atoms with Gasteiger partial charge in [0.1, 0.15) is 11.1 Å². The Hall–Kier alpha value is -1.29. The number of carbonyl (C=O) groups excluding carboxylic acids is 1. The molecule has 0 saturated carbocycles. The highest BCUT2D eigenvalue weighted by atomic mass is 35.5. The second-order valence-corrected chi connectivity index (χ2v) is 3.79. The summed E-state index contributed by atoms with van der Waals surface area (Å²) in [4.78, 5) is 15.6. The lowest BCUT2D eigenvalue weighted by atomic mass is 10.00. The van der Waals surface area contributed by atoms with E-state index in [1.54, 1.807) is 0 Å². The zero-order valence-electron chi connectivity index (χ0n) is 8.53. The molecule has 1 unspecified atom stereocenters. The fourth-order valence-corrected chi connectivity index (χ4v) is 2.05. The number of ether oxygens (including phenoxy) is 1. The van der Waals surface area contributed by atoms with Crippen LogP contribution in [0.15, 0.2) is 17.3 Å². The van der Waals surface area contributed by atoms with Crippen molar-refractivity contribution >= 4 is 22.7 Å². The number of hydrogen-bond donors (Lipinski definition) is 0. The van der Waals surface area contributed by atoms with E-state index in [9.17, 15) is 4.79 Å². The maximum atomic E-state index is 11.5. The molecule has 80 valence electrons. The molecular formula is C10H11ClN2O2. The van der Waals surface area contributed by atoms with E-state index in [1.165, 1.54) is 7.11 Å². The van der Waals surface area contributed by atoms with Gasteiger partial charge in [0.15, 0.2) is 0 Å². The van der Waals surface area contributed by atoms with Crippen molar-refractivity contribution in [3.05, 3.63) is 23.5 Å². The number of methoxy groups -OCH3 is 1. The van der Waals surface area contributed by atoms with Crippen LogP contribution in [0.4, 0.5) is 0 Å². The highest BCUT2D eigenvalue weighted by Gasteiger charge is 2.30. The number of halogens is 1. The van der Waals surface area contributed by atoms with Crippen LogP contribution in [-0.2, 0) is 16.6 Å². The lowest BCUT2D eigenvalue weighted by Crippen LogP contribution is -2.24. The number of carbonyl (C=O) groups is 1. The summed E-state index contributed by atoms with van der Waals surface area (Å²) >= 11 is 5.96. The summed E-state index contributed by atoms with van der Waals surface area (Å²) in [5, 5.41) is 0.464. The third-order valence-electron chi connectivity index (χ3n) is 2.57. The molecule has 0 amide bonds. The summed E-state index contributed by atoms with van der Waals surface area (Å²) in [6, 6.07) is 1.86. The molecule has 1 aromatic rings. The SMILES string of the molecule is COC(=O)C1CN=C(Cl)c2ccn(C)c21. The number of aryl methyl sites for hydroxylation is 1. The van der Waals surface area contributed by atoms with Crippen molar-refractivity contribution in [2.75, 3.05) is 13.7 Å². The first-order valence-corrected chi connectivity index (χ1v) is 4.96. The van der Waals surface area contributed by atoms with E-state index in [0.29, 0.717) is 11.7 Å². The maximum absolute atomic E-state index is 11.5. The molecule has 0 aromatic carbocycles. The molecule has 0 saturated heterocycles. The van der Waals surface area contributed by atoms with Crippen molar-refractivity contribution in [2.45, 2.75) is 5.92 Å². The minimum atomic E-state index is -0.340. The summed E-state index contributed by atoms with van der Waals surface area (Å²) in [5.74, 6) is -0.613. The van der Waals surface area contributed by atoms with E-state index < -0.39 is 0 Å². The Bertz CT molecular complexity index is 437. The van der Waals surface area contributed by atoms with E-state index in [2.05, 4.69) is 4.99 Å². The van der Waals surface area contributed by atoms with Crippen molar-refractivity contribution in [1.82, 2.24) is 4.57 Å². The van der Waals surface area contributed by atoms with Gasteiger partial charge in [-0.15, -0.1) is 0 Å². The number of esters is 1. The van der Waals surface area contributed by atoms with Crippen LogP contribution in [0.25, 0.3) is 0 Å². The van der Waals surface area contributed by atoms with E-state index in [1.807, 2.05) is 23.9 Å². The van der Waals surface area contributed by atoms with Crippen LogP contribution in [-0.4, -0.2) is 29.4 Å². The molecule has 0 bridgehead atoms. The fourth-order valence-electron chi connectivity index (χ4n) is 1.82. The Balaban J connectivity index is 2.49. The molecule has 0 radical (unpaired) electrons. The van der Waals surface area contributed by atoms with Gasteiger partial charge in [0.25, 0.3) is 0 Å². The van der Waals surface area contributed by atoms with Crippen molar-refractivity contribution in [3.63, 3.8) is 0 Å². The summed E-state index contributed by atoms with van der Waals surface area (Å²) in [5.41, 5.74) is 1.70. The largest absolute Gasteiger partial charge is 0.468 e. The van der Waals surface area contributed by atoms with Crippen LogP contribution in [0.5, 0.6) is 0 Å². The summed E-state index contributed by atoms with van der Waals surface area (Å²) in [6.07, 6.45) is 1.86. The van der Waals surface area contributed by atoms with Gasteiger partial charge in [0.05, 0.1) is 13.7 Å². The number of aliphatic imine (C=N–C) groups is 1. The summed E-state index contributed by atoms with van der Waals surface area (Å²) < 4.78 is 6.62. The number of fused-ring (bicyclic) bond motifs is 1. The topological polar surface area (TPSA) is 43.6 Å². The van der Waals surface area contributed by atoms with E-state index in [4.69, 9.17) is 16.3 Å². The molecular weight excluding hydrogens is 216 g/mol. The van der Waals surface area contributed by atoms with Crippen molar-refractivity contribution in [1.29, 1.82) is 0 Å². The normalized spacial score (nSPS) is 19.4. The quantitative estimate of drug-likeness (QED) is 0.677. The van der Waals surface area contributed by atoms with E-state index in [-0.39, 0.29) is 11.9 Å². The Kier molecular flexibility index (Phi) is 2.52. The first-order valence-electron chi connectivity index (χ1n) is 4.58. The molecule has 5 heteroatoms. The van der Waals surface area contributed by atoms with Gasteiger partial charge in [-0.05, 0) is 6.07 Å². The molecule has 2 rings (SSSR count). The van der Waals surface area contributed by atoms with Crippen LogP contribution in [0.2, 0.25) is 0 Å². The Morgan fingerprint density at radius 3 is 3.13 bits per heavy atom. The Labute approximate surface area is 92.5 Å². The number of nitrogens with zero attached hydrogens (tertiary/aromatic N) is 2. The predicted molar refractivity (Wildman–Crippen MR) is 57.4 cm³/mol. The second-order valence-electron chi connectivity index (χ2n) is 3.43. The molecule has 2 heterocycles. The fraction of sp³-hybridized carbons (Fsp3) is 0.400. The minimum absolute atomic E-state index is 0.272. The highest BCUT2D eigenvalue weighted by molar-refractivity contribution is 6.69. The van der Waals surface area contributed by atoms with Crippen LogP contribution in [0, 0.1) is 0 Å². The molecule has 4 nitrogen and oxygen atoms in total. The lowest BCUT2D eigenvalue weighted by Gasteiger charge is -2.19. The molecule has 15 heavy (non-hydrogen) atoms. The molecule has 0 spiro atoms. The zero-order valence-corrected chi connectivity index (χ0v) is 9.28.